The van der Waals surface area contributed by atoms with E-state index in [0.29, 0.717) is 11.3 Å². The molecule has 3 aromatic rings. The van der Waals surface area contributed by atoms with E-state index in [1.165, 1.54) is 5.56 Å². The van der Waals surface area contributed by atoms with Crippen LogP contribution in [0.1, 0.15) is 27.8 Å². The van der Waals surface area contributed by atoms with Crippen LogP contribution in [0.5, 0.6) is 5.75 Å². The molecule has 30 heavy (non-hydrogen) atoms. The van der Waals surface area contributed by atoms with Crippen molar-refractivity contribution in [1.29, 1.82) is 5.26 Å². The Balaban J connectivity index is 1.53. The topological polar surface area (TPSA) is 74.5 Å². The van der Waals surface area contributed by atoms with Gasteiger partial charge in [-0.2, -0.15) is 10.4 Å². The van der Waals surface area contributed by atoms with Gasteiger partial charge in [0, 0.05) is 5.56 Å². The van der Waals surface area contributed by atoms with Crippen LogP contribution in [-0.4, -0.2) is 18.7 Å². The average Bonchev–Trinajstić information content (AvgIpc) is 2.74. The second kappa shape index (κ2) is 9.53. The molecule has 0 aliphatic rings. The van der Waals surface area contributed by atoms with Crippen LogP contribution in [0.15, 0.2) is 65.8 Å². The summed E-state index contributed by atoms with van der Waals surface area (Å²) in [5, 5.41) is 12.9. The fourth-order valence-electron chi connectivity index (χ4n) is 3.23. The number of hydrazone groups is 1. The summed E-state index contributed by atoms with van der Waals surface area (Å²) in [7, 11) is 0. The number of carbonyl (C=O) groups is 1. The lowest BCUT2D eigenvalue weighted by Gasteiger charge is -2.08. The van der Waals surface area contributed by atoms with Crippen molar-refractivity contribution in [2.45, 2.75) is 20.8 Å². The Morgan fingerprint density at radius 3 is 2.13 bits per heavy atom. The number of nitriles is 1. The molecule has 5 heteroatoms. The molecule has 1 N–H and O–H groups in total. The molecule has 1 amide bonds. The molecule has 0 saturated carbocycles. The molecule has 0 heterocycles. The minimum atomic E-state index is -0.329. The van der Waals surface area contributed by atoms with Crippen LogP contribution in [0.3, 0.4) is 0 Å². The fourth-order valence-corrected chi connectivity index (χ4v) is 3.23. The minimum Gasteiger partial charge on any atom is -0.484 e. The second-order valence-corrected chi connectivity index (χ2v) is 7.11. The largest absolute Gasteiger partial charge is 0.484 e. The average molecular weight is 397 g/mol. The molecular weight excluding hydrogens is 374 g/mol. The van der Waals surface area contributed by atoms with Crippen molar-refractivity contribution < 1.29 is 9.53 Å². The van der Waals surface area contributed by atoms with Crippen LogP contribution in [0.25, 0.3) is 11.1 Å². The molecule has 0 aliphatic heterocycles. The van der Waals surface area contributed by atoms with Crippen molar-refractivity contribution in [2.24, 2.45) is 5.10 Å². The van der Waals surface area contributed by atoms with Gasteiger partial charge in [-0.1, -0.05) is 42.0 Å². The first-order valence-corrected chi connectivity index (χ1v) is 9.59. The minimum absolute atomic E-state index is 0.126. The Labute approximate surface area is 176 Å². The lowest BCUT2D eigenvalue weighted by Crippen LogP contribution is -2.24. The van der Waals surface area contributed by atoms with Crippen LogP contribution in [-0.2, 0) is 4.79 Å². The molecule has 5 nitrogen and oxygen atoms in total. The first kappa shape index (κ1) is 20.8. The molecule has 3 rings (SSSR count). The molecule has 0 bridgehead atoms. The van der Waals surface area contributed by atoms with E-state index < -0.39 is 0 Å². The highest BCUT2D eigenvalue weighted by molar-refractivity contribution is 5.85. The van der Waals surface area contributed by atoms with Gasteiger partial charge in [0.1, 0.15) is 5.75 Å². The van der Waals surface area contributed by atoms with Gasteiger partial charge in [0.05, 0.1) is 17.8 Å². The van der Waals surface area contributed by atoms with Crippen LogP contribution in [0.4, 0.5) is 0 Å². The second-order valence-electron chi connectivity index (χ2n) is 7.11. The third-order valence-corrected chi connectivity index (χ3v) is 4.69. The van der Waals surface area contributed by atoms with E-state index in [9.17, 15) is 4.79 Å². The van der Waals surface area contributed by atoms with Crippen molar-refractivity contribution in [2.75, 3.05) is 6.61 Å². The first-order valence-electron chi connectivity index (χ1n) is 9.59. The van der Waals surface area contributed by atoms with E-state index in [2.05, 4.69) is 35.7 Å². The molecule has 3 aromatic carbocycles. The number of hydrogen-bond donors (Lipinski definition) is 1. The lowest BCUT2D eigenvalue weighted by atomic mass is 10.0. The summed E-state index contributed by atoms with van der Waals surface area (Å²) in [5.41, 5.74) is 9.56. The summed E-state index contributed by atoms with van der Waals surface area (Å²) in [5.74, 6) is 0.265. The van der Waals surface area contributed by atoms with Gasteiger partial charge in [-0.05, 0) is 67.3 Å². The number of hydrogen-bond acceptors (Lipinski definition) is 4. The number of rotatable bonds is 6. The van der Waals surface area contributed by atoms with Crippen LogP contribution in [0, 0.1) is 32.1 Å². The van der Waals surface area contributed by atoms with Gasteiger partial charge in [-0.3, -0.25) is 4.79 Å². The van der Waals surface area contributed by atoms with Crippen molar-refractivity contribution in [3.63, 3.8) is 0 Å². The molecule has 0 radical (unpaired) electrons. The van der Waals surface area contributed by atoms with Crippen molar-refractivity contribution >= 4 is 12.1 Å². The van der Waals surface area contributed by atoms with Crippen molar-refractivity contribution in [1.82, 2.24) is 5.43 Å². The number of aryl methyl sites for hydroxylation is 3. The van der Waals surface area contributed by atoms with Crippen LogP contribution >= 0.6 is 0 Å². The van der Waals surface area contributed by atoms with Crippen molar-refractivity contribution in [3.05, 3.63) is 88.5 Å². The lowest BCUT2D eigenvalue weighted by molar-refractivity contribution is -0.123. The molecule has 0 unspecified atom stereocenters. The molecular formula is C25H23N3O2. The van der Waals surface area contributed by atoms with Gasteiger partial charge in [-0.25, -0.2) is 5.43 Å². The van der Waals surface area contributed by atoms with Gasteiger partial charge < -0.3 is 4.74 Å². The monoisotopic (exact) mass is 397 g/mol. The third kappa shape index (κ3) is 5.33. The van der Waals surface area contributed by atoms with Crippen LogP contribution < -0.4 is 10.2 Å². The smallest absolute Gasteiger partial charge is 0.277 e. The first-order chi connectivity index (χ1) is 14.5. The molecule has 150 valence electrons. The summed E-state index contributed by atoms with van der Waals surface area (Å²) in [6, 6.07) is 21.1. The number of nitrogens with one attached hydrogen (secondary N) is 1. The molecule has 0 aliphatic carbocycles. The number of benzene rings is 3. The zero-order chi connectivity index (χ0) is 21.5. The van der Waals surface area contributed by atoms with E-state index in [0.717, 1.165) is 27.8 Å². The van der Waals surface area contributed by atoms with E-state index in [4.69, 9.17) is 10.00 Å². The normalized spacial score (nSPS) is 10.6. The van der Waals surface area contributed by atoms with Gasteiger partial charge >= 0.3 is 0 Å². The maximum atomic E-state index is 12.0. The fraction of sp³-hybridized carbons (Fsp3) is 0.160. The highest BCUT2D eigenvalue weighted by Crippen LogP contribution is 2.22. The van der Waals surface area contributed by atoms with E-state index in [1.807, 2.05) is 50.2 Å². The molecule has 0 spiro atoms. The highest BCUT2D eigenvalue weighted by Gasteiger charge is 2.04. The Hall–Kier alpha value is -3.91. The van der Waals surface area contributed by atoms with Gasteiger partial charge in [0.2, 0.25) is 0 Å². The predicted molar refractivity (Wildman–Crippen MR) is 118 cm³/mol. The van der Waals surface area contributed by atoms with Crippen LogP contribution in [0.2, 0.25) is 0 Å². The zero-order valence-electron chi connectivity index (χ0n) is 17.3. The quantitative estimate of drug-likeness (QED) is 0.485. The third-order valence-electron chi connectivity index (χ3n) is 4.69. The van der Waals surface area contributed by atoms with Gasteiger partial charge in [0.15, 0.2) is 6.61 Å². The standard InChI is InChI=1S/C25H23N3O2/c1-17-12-18(2)24(19(3)13-17)15-27-28-25(29)16-30-23-10-8-22(9-11-23)21-6-4-20(14-26)5-7-21/h4-13,15H,16H2,1-3H3,(H,28,29)/b27-15+. The maximum absolute atomic E-state index is 12.0. The Kier molecular flexibility index (Phi) is 6.61. The van der Waals surface area contributed by atoms with E-state index >= 15 is 0 Å². The van der Waals surface area contributed by atoms with Gasteiger partial charge in [-0.15, -0.1) is 0 Å². The number of nitrogens with zero attached hydrogens (tertiary/aromatic N) is 2. The summed E-state index contributed by atoms with van der Waals surface area (Å²) in [6.45, 7) is 5.97. The van der Waals surface area contributed by atoms with Crippen molar-refractivity contribution in [3.8, 4) is 22.9 Å². The number of ether oxygens (including phenoxy) is 1. The molecule has 0 atom stereocenters. The summed E-state index contributed by atoms with van der Waals surface area (Å²) in [4.78, 5) is 12.0. The summed E-state index contributed by atoms with van der Waals surface area (Å²) >= 11 is 0. The maximum Gasteiger partial charge on any atom is 0.277 e. The summed E-state index contributed by atoms with van der Waals surface area (Å²) in [6.07, 6.45) is 1.66. The molecule has 0 aromatic heterocycles. The molecule has 0 fully saturated rings. The number of carbonyl (C=O) groups excluding carboxylic acids is 1. The Morgan fingerprint density at radius 1 is 1.00 bits per heavy atom. The number of amides is 1. The Bertz CT molecular complexity index is 1090. The Morgan fingerprint density at radius 2 is 1.57 bits per heavy atom. The SMILES string of the molecule is Cc1cc(C)c(/C=N/NC(=O)COc2ccc(-c3ccc(C#N)cc3)cc2)c(C)c1. The van der Waals surface area contributed by atoms with Gasteiger partial charge in [0.25, 0.3) is 5.91 Å². The van der Waals surface area contributed by atoms with E-state index in [-0.39, 0.29) is 12.5 Å². The molecule has 0 saturated heterocycles. The van der Waals surface area contributed by atoms with E-state index in [1.54, 1.807) is 18.3 Å². The zero-order valence-corrected chi connectivity index (χ0v) is 17.3. The summed E-state index contributed by atoms with van der Waals surface area (Å²) < 4.78 is 5.53. The highest BCUT2D eigenvalue weighted by atomic mass is 16.5. The predicted octanol–water partition coefficient (Wildman–Crippen LogP) is 4.68.